The predicted molar refractivity (Wildman–Crippen MR) is 140 cm³/mol. The second kappa shape index (κ2) is 8.23. The van der Waals surface area contributed by atoms with E-state index in [1.54, 1.807) is 16.4 Å². The molecule has 1 aliphatic carbocycles. The number of ether oxygens (including phenoxy) is 1. The molecule has 2 aliphatic heterocycles. The van der Waals surface area contributed by atoms with Gasteiger partial charge in [0.05, 0.1) is 11.0 Å². The molecule has 0 aromatic heterocycles. The van der Waals surface area contributed by atoms with E-state index in [2.05, 4.69) is 53.5 Å². The summed E-state index contributed by atoms with van der Waals surface area (Å²) >= 11 is 0. The minimum atomic E-state index is -3.80. The maximum atomic E-state index is 14.2. The molecule has 3 aliphatic rings. The van der Waals surface area contributed by atoms with Crippen LogP contribution in [-0.2, 0) is 23.6 Å². The van der Waals surface area contributed by atoms with E-state index in [0.717, 1.165) is 24.8 Å². The van der Waals surface area contributed by atoms with E-state index in [4.69, 9.17) is 13.6 Å². The lowest BCUT2D eigenvalue weighted by Gasteiger charge is -2.54. The topological polar surface area (TPSA) is 68.4 Å². The third-order valence-electron chi connectivity index (χ3n) is 8.11. The molecule has 192 valence electrons. The van der Waals surface area contributed by atoms with Gasteiger partial charge in [0.25, 0.3) is 0 Å². The number of hydrogen-bond acceptors (Lipinski definition) is 5. The van der Waals surface area contributed by atoms with Crippen molar-refractivity contribution in [2.75, 3.05) is 6.54 Å². The zero-order chi connectivity index (χ0) is 25.4. The summed E-state index contributed by atoms with van der Waals surface area (Å²) < 4.78 is 50.0. The van der Waals surface area contributed by atoms with Crippen molar-refractivity contribution in [2.45, 2.75) is 120 Å². The summed E-state index contributed by atoms with van der Waals surface area (Å²) in [5.41, 5.74) is -0.464. The van der Waals surface area contributed by atoms with E-state index >= 15 is 0 Å². The highest BCUT2D eigenvalue weighted by Crippen LogP contribution is 2.63. The third-order valence-corrected chi connectivity index (χ3v) is 15.5. The van der Waals surface area contributed by atoms with Gasteiger partial charge in [0.1, 0.15) is 11.7 Å². The van der Waals surface area contributed by atoms with Crippen molar-refractivity contribution in [1.82, 2.24) is 4.31 Å². The maximum absolute atomic E-state index is 14.2. The molecule has 2 saturated heterocycles. The summed E-state index contributed by atoms with van der Waals surface area (Å²) in [4.78, 5) is 0.308. The molecule has 1 saturated carbocycles. The van der Waals surface area contributed by atoms with Gasteiger partial charge in [-0.05, 0) is 76.1 Å². The second-order valence-corrected chi connectivity index (χ2v) is 24.0. The molecule has 3 atom stereocenters. The molecule has 0 spiro atoms. The van der Waals surface area contributed by atoms with Crippen LogP contribution in [0.15, 0.2) is 29.2 Å². The van der Waals surface area contributed by atoms with Gasteiger partial charge in [-0.1, -0.05) is 38.5 Å². The molecule has 0 bridgehead atoms. The Bertz CT molecular complexity index is 1020. The molecule has 34 heavy (non-hydrogen) atoms. The lowest BCUT2D eigenvalue weighted by molar-refractivity contribution is -0.128. The van der Waals surface area contributed by atoms with Crippen LogP contribution in [-0.4, -0.2) is 59.4 Å². The smallest absolute Gasteiger partial charge is 0.245 e. The van der Waals surface area contributed by atoms with E-state index in [1.807, 2.05) is 19.1 Å². The first-order chi connectivity index (χ1) is 15.4. The fraction of sp³-hybridized carbons (Fsp3) is 0.760. The van der Waals surface area contributed by atoms with Crippen molar-refractivity contribution in [3.05, 3.63) is 29.8 Å². The highest BCUT2D eigenvalue weighted by Gasteiger charge is 2.79. The Morgan fingerprint density at radius 1 is 1.06 bits per heavy atom. The van der Waals surface area contributed by atoms with Gasteiger partial charge < -0.3 is 13.6 Å². The summed E-state index contributed by atoms with van der Waals surface area (Å²) in [6.45, 7) is 19.9. The van der Waals surface area contributed by atoms with E-state index in [1.165, 1.54) is 0 Å². The fourth-order valence-electron chi connectivity index (χ4n) is 5.28. The number of epoxide rings is 1. The molecule has 2 heterocycles. The molecule has 1 aromatic rings. The SMILES string of the molecule is Cc1ccc(S(=O)(=O)N2C[C@@H](O[Si](C)(C)C(C)(C)C)C[C@H]3O[C@]32C2(O[Si](C)(C)C)CCC2)cc1. The summed E-state index contributed by atoms with van der Waals surface area (Å²) in [5, 5.41) is 0.0444. The van der Waals surface area contributed by atoms with Crippen LogP contribution >= 0.6 is 0 Å². The Hall–Kier alpha value is -0.556. The Morgan fingerprint density at radius 3 is 2.12 bits per heavy atom. The lowest BCUT2D eigenvalue weighted by Crippen LogP contribution is -2.69. The zero-order valence-corrected chi connectivity index (χ0v) is 25.2. The van der Waals surface area contributed by atoms with Crippen LogP contribution in [0.1, 0.15) is 52.0 Å². The number of benzene rings is 1. The van der Waals surface area contributed by atoms with Gasteiger partial charge in [0.15, 0.2) is 22.4 Å². The number of sulfonamides is 1. The largest absolute Gasteiger partial charge is 0.412 e. The molecule has 9 heteroatoms. The third kappa shape index (κ3) is 4.39. The summed E-state index contributed by atoms with van der Waals surface area (Å²) in [5.74, 6) is 0. The van der Waals surface area contributed by atoms with Crippen LogP contribution < -0.4 is 0 Å². The normalized spacial score (nSPS) is 29.9. The molecule has 0 amide bonds. The molecular formula is C25H43NO5SSi2. The highest BCUT2D eigenvalue weighted by atomic mass is 32.2. The lowest BCUT2D eigenvalue weighted by atomic mass is 9.72. The Kier molecular flexibility index (Phi) is 6.41. The monoisotopic (exact) mass is 525 g/mol. The first-order valence-electron chi connectivity index (χ1n) is 12.6. The molecule has 1 aromatic carbocycles. The molecule has 4 rings (SSSR count). The summed E-state index contributed by atoms with van der Waals surface area (Å²) in [6, 6.07) is 7.13. The molecule has 0 N–H and O–H groups in total. The van der Waals surface area contributed by atoms with Gasteiger partial charge in [0, 0.05) is 13.0 Å². The number of nitrogens with zero attached hydrogens (tertiary/aromatic N) is 1. The van der Waals surface area contributed by atoms with Crippen molar-refractivity contribution in [3.63, 3.8) is 0 Å². The number of piperidine rings is 1. The van der Waals surface area contributed by atoms with Crippen molar-refractivity contribution in [2.24, 2.45) is 0 Å². The van der Waals surface area contributed by atoms with Crippen molar-refractivity contribution < 1.29 is 22.0 Å². The fourth-order valence-corrected chi connectivity index (χ4v) is 9.94. The van der Waals surface area contributed by atoms with Gasteiger partial charge in [-0.3, -0.25) is 0 Å². The minimum absolute atomic E-state index is 0.0444. The van der Waals surface area contributed by atoms with Gasteiger partial charge in [-0.2, -0.15) is 4.31 Å². The summed E-state index contributed by atoms with van der Waals surface area (Å²) in [6.07, 6.45) is 3.02. The second-order valence-electron chi connectivity index (χ2n) is 13.0. The van der Waals surface area contributed by atoms with Gasteiger partial charge in [0.2, 0.25) is 10.0 Å². The molecule has 0 radical (unpaired) electrons. The van der Waals surface area contributed by atoms with Crippen LogP contribution in [0.25, 0.3) is 0 Å². The average Bonchev–Trinajstić information content (AvgIpc) is 3.38. The molecule has 0 unspecified atom stereocenters. The number of fused-ring (bicyclic) bond motifs is 1. The maximum Gasteiger partial charge on any atom is 0.245 e. The minimum Gasteiger partial charge on any atom is -0.412 e. The highest BCUT2D eigenvalue weighted by molar-refractivity contribution is 7.89. The van der Waals surface area contributed by atoms with E-state index in [9.17, 15) is 8.42 Å². The van der Waals surface area contributed by atoms with Crippen LogP contribution in [0.5, 0.6) is 0 Å². The quantitative estimate of drug-likeness (QED) is 0.340. The van der Waals surface area contributed by atoms with E-state index in [0.29, 0.717) is 17.9 Å². The number of rotatable bonds is 7. The Morgan fingerprint density at radius 2 is 1.65 bits per heavy atom. The first-order valence-corrected chi connectivity index (χ1v) is 20.3. The summed E-state index contributed by atoms with van der Waals surface area (Å²) in [7, 11) is -7.84. The predicted octanol–water partition coefficient (Wildman–Crippen LogP) is 5.65. The van der Waals surface area contributed by atoms with Crippen molar-refractivity contribution in [1.29, 1.82) is 0 Å². The Labute approximate surface area is 208 Å². The molecule has 3 fully saturated rings. The Balaban J connectivity index is 1.74. The van der Waals surface area contributed by atoms with Crippen LogP contribution in [0, 0.1) is 6.92 Å². The zero-order valence-electron chi connectivity index (χ0n) is 22.4. The van der Waals surface area contributed by atoms with E-state index in [-0.39, 0.29) is 17.2 Å². The number of hydrogen-bond donors (Lipinski definition) is 0. The van der Waals surface area contributed by atoms with Gasteiger partial charge in [-0.15, -0.1) is 0 Å². The van der Waals surface area contributed by atoms with Crippen molar-refractivity contribution >= 4 is 26.7 Å². The van der Waals surface area contributed by atoms with Crippen molar-refractivity contribution in [3.8, 4) is 0 Å². The van der Waals surface area contributed by atoms with Crippen LogP contribution in [0.2, 0.25) is 37.8 Å². The first kappa shape index (κ1) is 26.5. The molecule has 6 nitrogen and oxygen atoms in total. The standard InChI is InChI=1S/C25H43NO5SSi2/c1-19-11-13-21(14-12-19)32(27,28)26-18-20(30-34(8,9)23(2,3)4)17-22-25(26,29-22)24(15-10-16-24)31-33(5,6)7/h11-14,20,22H,10,15-18H2,1-9H3/t20-,22+,25-/m0/s1. The van der Waals surface area contributed by atoms with Crippen LogP contribution in [0.3, 0.4) is 0 Å². The number of aryl methyl sites for hydroxylation is 1. The van der Waals surface area contributed by atoms with E-state index < -0.39 is 38.0 Å². The van der Waals surface area contributed by atoms with Gasteiger partial charge in [-0.25, -0.2) is 8.42 Å². The van der Waals surface area contributed by atoms with Crippen LogP contribution in [0.4, 0.5) is 0 Å². The van der Waals surface area contributed by atoms with Gasteiger partial charge >= 0.3 is 0 Å². The molecular weight excluding hydrogens is 483 g/mol. The average molecular weight is 526 g/mol.